The van der Waals surface area contributed by atoms with Gasteiger partial charge in [-0.3, -0.25) is 0 Å². The minimum atomic E-state index is -0.468. The minimum Gasteiger partial charge on any atom is -0.308 e. The van der Waals surface area contributed by atoms with Gasteiger partial charge in [0.25, 0.3) is 0 Å². The molecule has 0 aliphatic rings. The van der Waals surface area contributed by atoms with Gasteiger partial charge in [0.05, 0.1) is 5.69 Å². The van der Waals surface area contributed by atoms with E-state index in [-0.39, 0.29) is 16.5 Å². The molecule has 0 heterocycles. The lowest BCUT2D eigenvalue weighted by Gasteiger charge is -2.28. The van der Waals surface area contributed by atoms with Crippen LogP contribution in [0, 0.1) is 11.6 Å². The molecule has 3 heteroatoms. The second-order valence-corrected chi connectivity index (χ2v) is 9.52. The molecule has 0 N–H and O–H groups in total. The zero-order chi connectivity index (χ0) is 21.4. The van der Waals surface area contributed by atoms with Gasteiger partial charge in [-0.2, -0.15) is 0 Å². The maximum absolute atomic E-state index is 14.7. The highest BCUT2D eigenvalue weighted by molar-refractivity contribution is 5.77. The molecular weight excluding hydrogens is 364 g/mol. The second kappa shape index (κ2) is 7.62. The molecule has 0 saturated heterocycles. The van der Waals surface area contributed by atoms with Gasteiger partial charge in [0.2, 0.25) is 0 Å². The maximum Gasteiger partial charge on any atom is 0.147 e. The molecule has 0 spiro atoms. The number of benzene rings is 3. The van der Waals surface area contributed by atoms with Crippen LogP contribution in [0.25, 0.3) is 0 Å². The van der Waals surface area contributed by atoms with Crippen molar-refractivity contribution in [3.05, 3.63) is 89.5 Å². The molecule has 0 radical (unpaired) electrons. The van der Waals surface area contributed by atoms with Crippen molar-refractivity contribution < 1.29 is 8.78 Å². The molecule has 0 unspecified atom stereocenters. The number of rotatable bonds is 3. The molecule has 0 atom stereocenters. The third-order valence-corrected chi connectivity index (χ3v) is 5.13. The topological polar surface area (TPSA) is 3.24 Å². The van der Waals surface area contributed by atoms with Crippen LogP contribution in [0.2, 0.25) is 0 Å². The van der Waals surface area contributed by atoms with Crippen molar-refractivity contribution in [3.63, 3.8) is 0 Å². The lowest BCUT2D eigenvalue weighted by Crippen LogP contribution is -2.15. The molecule has 0 aliphatic heterocycles. The summed E-state index contributed by atoms with van der Waals surface area (Å²) >= 11 is 0. The van der Waals surface area contributed by atoms with Crippen LogP contribution in [-0.2, 0) is 10.8 Å². The SMILES string of the molecule is CC(C)(C)c1ccc(N(c2ccc(C(C)(C)C)cc2)c2cc(F)ccc2F)cc1. The molecule has 0 bridgehead atoms. The van der Waals surface area contributed by atoms with Crippen molar-refractivity contribution >= 4 is 17.1 Å². The zero-order valence-electron chi connectivity index (χ0n) is 18.1. The lowest BCUT2D eigenvalue weighted by molar-refractivity contribution is 0.590. The van der Waals surface area contributed by atoms with Gasteiger partial charge in [-0.15, -0.1) is 0 Å². The van der Waals surface area contributed by atoms with Crippen molar-refractivity contribution in [1.29, 1.82) is 0 Å². The first kappa shape index (κ1) is 21.0. The van der Waals surface area contributed by atoms with Crippen LogP contribution in [0.5, 0.6) is 0 Å². The van der Waals surface area contributed by atoms with E-state index in [1.807, 2.05) is 48.5 Å². The first-order chi connectivity index (χ1) is 13.5. The van der Waals surface area contributed by atoms with Crippen molar-refractivity contribution in [3.8, 4) is 0 Å². The number of nitrogens with zero attached hydrogens (tertiary/aromatic N) is 1. The van der Waals surface area contributed by atoms with Crippen molar-refractivity contribution in [2.75, 3.05) is 4.90 Å². The van der Waals surface area contributed by atoms with Gasteiger partial charge in [-0.05, 0) is 58.4 Å². The summed E-state index contributed by atoms with van der Waals surface area (Å²) < 4.78 is 28.7. The summed E-state index contributed by atoms with van der Waals surface area (Å²) in [6.45, 7) is 12.9. The molecule has 1 nitrogen and oxygen atoms in total. The highest BCUT2D eigenvalue weighted by Crippen LogP contribution is 2.38. The van der Waals surface area contributed by atoms with E-state index in [0.717, 1.165) is 17.4 Å². The molecular formula is C26H29F2N. The summed E-state index contributed by atoms with van der Waals surface area (Å²) in [6, 6.07) is 19.6. The van der Waals surface area contributed by atoms with E-state index < -0.39 is 11.6 Å². The van der Waals surface area contributed by atoms with Crippen LogP contribution in [0.1, 0.15) is 52.7 Å². The zero-order valence-corrected chi connectivity index (χ0v) is 18.1. The normalized spacial score (nSPS) is 12.1. The molecule has 0 aliphatic carbocycles. The predicted octanol–water partition coefficient (Wildman–Crippen LogP) is 8.03. The smallest absolute Gasteiger partial charge is 0.147 e. The van der Waals surface area contributed by atoms with Crippen LogP contribution < -0.4 is 4.90 Å². The van der Waals surface area contributed by atoms with E-state index in [1.54, 1.807) is 4.90 Å². The largest absolute Gasteiger partial charge is 0.308 e. The average Bonchev–Trinajstić information content (AvgIpc) is 2.64. The van der Waals surface area contributed by atoms with Gasteiger partial charge in [0.1, 0.15) is 11.6 Å². The summed E-state index contributed by atoms with van der Waals surface area (Å²) in [6.07, 6.45) is 0. The van der Waals surface area contributed by atoms with Crippen LogP contribution in [0.15, 0.2) is 66.7 Å². The summed E-state index contributed by atoms with van der Waals surface area (Å²) in [5, 5.41) is 0. The predicted molar refractivity (Wildman–Crippen MR) is 118 cm³/mol. The monoisotopic (exact) mass is 393 g/mol. The molecule has 0 fully saturated rings. The summed E-state index contributed by atoms with van der Waals surface area (Å²) in [5.74, 6) is -0.935. The van der Waals surface area contributed by atoms with Crippen LogP contribution in [-0.4, -0.2) is 0 Å². The third-order valence-electron chi connectivity index (χ3n) is 5.13. The van der Waals surface area contributed by atoms with E-state index in [4.69, 9.17) is 0 Å². The Labute approximate surface area is 173 Å². The first-order valence-electron chi connectivity index (χ1n) is 9.93. The lowest BCUT2D eigenvalue weighted by atomic mass is 9.86. The number of hydrogen-bond donors (Lipinski definition) is 0. The minimum absolute atomic E-state index is 0.0157. The quantitative estimate of drug-likeness (QED) is 0.435. The Hall–Kier alpha value is -2.68. The Bertz CT molecular complexity index is 918. The highest BCUT2D eigenvalue weighted by Gasteiger charge is 2.20. The first-order valence-corrected chi connectivity index (χ1v) is 9.93. The molecule has 0 saturated carbocycles. The van der Waals surface area contributed by atoms with Crippen molar-refractivity contribution in [2.45, 2.75) is 52.4 Å². The molecule has 0 amide bonds. The van der Waals surface area contributed by atoms with E-state index in [2.05, 4.69) is 41.5 Å². The molecule has 0 aromatic heterocycles. The molecule has 3 aromatic carbocycles. The van der Waals surface area contributed by atoms with Crippen molar-refractivity contribution in [2.24, 2.45) is 0 Å². The Kier molecular flexibility index (Phi) is 5.53. The molecule has 29 heavy (non-hydrogen) atoms. The summed E-state index contributed by atoms with van der Waals surface area (Å²) in [5.41, 5.74) is 4.16. The fraction of sp³-hybridized carbons (Fsp3) is 0.308. The van der Waals surface area contributed by atoms with Crippen LogP contribution >= 0.6 is 0 Å². The maximum atomic E-state index is 14.7. The van der Waals surface area contributed by atoms with Crippen LogP contribution in [0.3, 0.4) is 0 Å². The number of anilines is 3. The second-order valence-electron chi connectivity index (χ2n) is 9.52. The molecule has 152 valence electrons. The summed E-state index contributed by atoms with van der Waals surface area (Å²) in [4.78, 5) is 1.76. The Balaban J connectivity index is 2.13. The molecule has 3 aromatic rings. The Morgan fingerprint density at radius 2 is 1.00 bits per heavy atom. The number of hydrogen-bond acceptors (Lipinski definition) is 1. The van der Waals surface area contributed by atoms with Gasteiger partial charge in [0.15, 0.2) is 0 Å². The van der Waals surface area contributed by atoms with Crippen molar-refractivity contribution in [1.82, 2.24) is 0 Å². The Morgan fingerprint density at radius 1 is 0.586 bits per heavy atom. The van der Waals surface area contributed by atoms with Gasteiger partial charge in [-0.25, -0.2) is 8.78 Å². The summed E-state index contributed by atoms with van der Waals surface area (Å²) in [7, 11) is 0. The number of halogens is 2. The average molecular weight is 394 g/mol. The van der Waals surface area contributed by atoms with Gasteiger partial charge in [-0.1, -0.05) is 65.8 Å². The fourth-order valence-electron chi connectivity index (χ4n) is 3.31. The Morgan fingerprint density at radius 3 is 1.38 bits per heavy atom. The van der Waals surface area contributed by atoms with Crippen LogP contribution in [0.4, 0.5) is 25.8 Å². The third kappa shape index (κ3) is 4.67. The van der Waals surface area contributed by atoms with E-state index in [0.29, 0.717) is 0 Å². The standard InChI is InChI=1S/C26H29F2N/c1-25(2,3)18-7-12-21(13-8-18)29(24-17-20(27)11-16-23(24)28)22-14-9-19(10-15-22)26(4,5)6/h7-17H,1-6H3. The molecule has 3 rings (SSSR count). The van der Waals surface area contributed by atoms with E-state index in [9.17, 15) is 8.78 Å². The highest BCUT2D eigenvalue weighted by atomic mass is 19.1. The fourth-order valence-corrected chi connectivity index (χ4v) is 3.31. The van der Waals surface area contributed by atoms with Gasteiger partial charge < -0.3 is 4.90 Å². The van der Waals surface area contributed by atoms with E-state index >= 15 is 0 Å². The van der Waals surface area contributed by atoms with Gasteiger partial charge >= 0.3 is 0 Å². The van der Waals surface area contributed by atoms with Gasteiger partial charge in [0, 0.05) is 17.4 Å². The van der Waals surface area contributed by atoms with E-state index in [1.165, 1.54) is 23.3 Å².